The predicted molar refractivity (Wildman–Crippen MR) is 140 cm³/mol. The van der Waals surface area contributed by atoms with E-state index >= 15 is 0 Å². The Morgan fingerprint density at radius 3 is 2.76 bits per heavy atom. The van der Waals surface area contributed by atoms with Crippen molar-refractivity contribution < 1.29 is 13.2 Å². The summed E-state index contributed by atoms with van der Waals surface area (Å²) in [4.78, 5) is 7.58. The zero-order valence-corrected chi connectivity index (χ0v) is 21.7. The SMILES string of the molecule is CC(C)Oc1ccc(-c2ncc(-c3cccc4c3CC[C@@H]4NS(=O)(=O)CCN(C)C)s2)cc1N. The summed E-state index contributed by atoms with van der Waals surface area (Å²) in [5.74, 6) is 0.768. The molecule has 9 heteroatoms. The molecule has 0 saturated heterocycles. The highest BCUT2D eigenvalue weighted by molar-refractivity contribution is 7.89. The molecule has 0 unspecified atom stereocenters. The number of nitrogens with zero attached hydrogens (tertiary/aromatic N) is 2. The maximum Gasteiger partial charge on any atom is 0.213 e. The summed E-state index contributed by atoms with van der Waals surface area (Å²) in [5, 5.41) is 0.884. The van der Waals surface area contributed by atoms with E-state index < -0.39 is 10.0 Å². The lowest BCUT2D eigenvalue weighted by Crippen LogP contribution is -2.33. The molecule has 0 spiro atoms. The van der Waals surface area contributed by atoms with Gasteiger partial charge in [-0.15, -0.1) is 11.3 Å². The molecule has 182 valence electrons. The van der Waals surface area contributed by atoms with Crippen LogP contribution in [0.5, 0.6) is 5.75 Å². The lowest BCUT2D eigenvalue weighted by Gasteiger charge is -2.16. The molecule has 0 bridgehead atoms. The van der Waals surface area contributed by atoms with Gasteiger partial charge in [-0.2, -0.15) is 0 Å². The van der Waals surface area contributed by atoms with Gasteiger partial charge in [0, 0.05) is 24.3 Å². The van der Waals surface area contributed by atoms with Crippen LogP contribution in [0.25, 0.3) is 21.0 Å². The average Bonchev–Trinajstić information content (AvgIpc) is 3.41. The molecule has 4 rings (SSSR count). The summed E-state index contributed by atoms with van der Waals surface area (Å²) < 4.78 is 33.8. The van der Waals surface area contributed by atoms with Gasteiger partial charge >= 0.3 is 0 Å². The fraction of sp³-hybridized carbons (Fsp3) is 0.400. The monoisotopic (exact) mass is 500 g/mol. The minimum atomic E-state index is -3.35. The van der Waals surface area contributed by atoms with E-state index in [-0.39, 0.29) is 17.9 Å². The number of benzene rings is 2. The Bertz CT molecular complexity index is 1270. The molecule has 1 aliphatic carbocycles. The Labute approximate surface area is 206 Å². The van der Waals surface area contributed by atoms with Gasteiger partial charge in [-0.25, -0.2) is 18.1 Å². The summed E-state index contributed by atoms with van der Waals surface area (Å²) in [7, 11) is 0.395. The third-order valence-electron chi connectivity index (χ3n) is 5.79. The first-order valence-electron chi connectivity index (χ1n) is 11.4. The van der Waals surface area contributed by atoms with E-state index in [9.17, 15) is 8.42 Å². The van der Waals surface area contributed by atoms with E-state index in [0.717, 1.165) is 39.4 Å². The van der Waals surface area contributed by atoms with Gasteiger partial charge in [0.2, 0.25) is 10.0 Å². The Balaban J connectivity index is 1.56. The molecular formula is C25H32N4O3S2. The van der Waals surface area contributed by atoms with Crippen LogP contribution in [0.1, 0.15) is 37.4 Å². The summed E-state index contributed by atoms with van der Waals surface area (Å²) >= 11 is 1.61. The fourth-order valence-corrected chi connectivity index (χ4v) is 6.53. The Hall–Kier alpha value is -2.46. The van der Waals surface area contributed by atoms with Gasteiger partial charge in [0.05, 0.1) is 22.4 Å². The van der Waals surface area contributed by atoms with Crippen molar-refractivity contribution in [2.24, 2.45) is 0 Å². The molecule has 7 nitrogen and oxygen atoms in total. The molecule has 2 aromatic carbocycles. The Morgan fingerprint density at radius 2 is 2.06 bits per heavy atom. The summed E-state index contributed by atoms with van der Waals surface area (Å²) in [6.45, 7) is 4.43. The van der Waals surface area contributed by atoms with Crippen LogP contribution in [0.2, 0.25) is 0 Å². The number of hydrogen-bond donors (Lipinski definition) is 2. The normalized spacial score (nSPS) is 15.8. The summed E-state index contributed by atoms with van der Waals surface area (Å²) in [5.41, 5.74) is 11.1. The smallest absolute Gasteiger partial charge is 0.213 e. The van der Waals surface area contributed by atoms with Gasteiger partial charge in [0.1, 0.15) is 10.8 Å². The molecule has 0 amide bonds. The van der Waals surface area contributed by atoms with Crippen LogP contribution in [-0.2, 0) is 16.4 Å². The fourth-order valence-electron chi connectivity index (χ4n) is 4.16. The first-order valence-corrected chi connectivity index (χ1v) is 13.9. The molecular weight excluding hydrogens is 468 g/mol. The highest BCUT2D eigenvalue weighted by Crippen LogP contribution is 2.41. The van der Waals surface area contributed by atoms with Crippen molar-refractivity contribution in [3.63, 3.8) is 0 Å². The van der Waals surface area contributed by atoms with E-state index in [2.05, 4.69) is 15.8 Å². The van der Waals surface area contributed by atoms with Crippen molar-refractivity contribution >= 4 is 27.0 Å². The third kappa shape index (κ3) is 5.60. The molecule has 3 N–H and O–H groups in total. The third-order valence-corrected chi connectivity index (χ3v) is 8.23. The number of anilines is 1. The van der Waals surface area contributed by atoms with Gasteiger partial charge in [-0.05, 0) is 75.7 Å². The largest absolute Gasteiger partial charge is 0.489 e. The molecule has 1 aliphatic rings. The number of thiazole rings is 1. The second-order valence-electron chi connectivity index (χ2n) is 9.15. The molecule has 0 saturated carbocycles. The van der Waals surface area contributed by atoms with Gasteiger partial charge in [-0.3, -0.25) is 0 Å². The lowest BCUT2D eigenvalue weighted by molar-refractivity contribution is 0.244. The number of ether oxygens (including phenoxy) is 1. The van der Waals surface area contributed by atoms with Crippen LogP contribution >= 0.6 is 11.3 Å². The van der Waals surface area contributed by atoms with Gasteiger partial charge in [-0.1, -0.05) is 18.2 Å². The molecule has 0 radical (unpaired) electrons. The van der Waals surface area contributed by atoms with Crippen LogP contribution in [0.15, 0.2) is 42.6 Å². The quantitative estimate of drug-likeness (QED) is 0.425. The standard InChI is InChI=1S/C25H32N4O3S2/c1-16(2)32-23-11-8-17(14-21(23)26)25-27-15-24(33-25)20-7-5-6-19-18(20)9-10-22(19)28-34(30,31)13-12-29(3)4/h5-8,11,14-16,22,28H,9-10,12-13,26H2,1-4H3/t22-/m0/s1. The van der Waals surface area contributed by atoms with Crippen LogP contribution in [-0.4, -0.2) is 50.8 Å². The summed E-state index contributed by atoms with van der Waals surface area (Å²) in [6, 6.07) is 11.7. The van der Waals surface area contributed by atoms with Crippen molar-refractivity contribution in [1.29, 1.82) is 0 Å². The molecule has 3 aromatic rings. The first-order chi connectivity index (χ1) is 16.1. The van der Waals surface area contributed by atoms with Crippen LogP contribution in [0.3, 0.4) is 0 Å². The highest BCUT2D eigenvalue weighted by atomic mass is 32.2. The van der Waals surface area contributed by atoms with Gasteiger partial charge < -0.3 is 15.4 Å². The van der Waals surface area contributed by atoms with Crippen LogP contribution in [0, 0.1) is 0 Å². The van der Waals surface area contributed by atoms with Gasteiger partial charge in [0.25, 0.3) is 0 Å². The second-order valence-corrected chi connectivity index (χ2v) is 12.1. The van der Waals surface area contributed by atoms with Crippen molar-refractivity contribution in [3.05, 3.63) is 53.7 Å². The lowest BCUT2D eigenvalue weighted by atomic mass is 10.0. The van der Waals surface area contributed by atoms with Crippen molar-refractivity contribution in [1.82, 2.24) is 14.6 Å². The van der Waals surface area contributed by atoms with Gasteiger partial charge in [0.15, 0.2) is 0 Å². The average molecular weight is 501 g/mol. The number of nitrogens with two attached hydrogens (primary N) is 1. The highest BCUT2D eigenvalue weighted by Gasteiger charge is 2.28. The molecule has 1 atom stereocenters. The number of hydrogen-bond acceptors (Lipinski definition) is 7. The number of rotatable bonds is 9. The van der Waals surface area contributed by atoms with Crippen molar-refractivity contribution in [3.8, 4) is 26.8 Å². The minimum Gasteiger partial charge on any atom is -0.489 e. The molecule has 0 aliphatic heterocycles. The zero-order chi connectivity index (χ0) is 24.5. The summed E-state index contributed by atoms with van der Waals surface area (Å²) in [6.07, 6.45) is 3.53. The van der Waals surface area contributed by atoms with E-state index in [4.69, 9.17) is 10.5 Å². The Morgan fingerprint density at radius 1 is 1.26 bits per heavy atom. The van der Waals surface area contributed by atoms with Crippen LogP contribution < -0.4 is 15.2 Å². The van der Waals surface area contributed by atoms with E-state index in [1.807, 2.05) is 69.4 Å². The molecule has 1 aromatic heterocycles. The maximum absolute atomic E-state index is 12.6. The zero-order valence-electron chi connectivity index (χ0n) is 20.0. The molecule has 1 heterocycles. The molecule has 34 heavy (non-hydrogen) atoms. The predicted octanol–water partition coefficient (Wildman–Crippen LogP) is 4.31. The second kappa shape index (κ2) is 10.0. The number of sulfonamides is 1. The van der Waals surface area contributed by atoms with Crippen LogP contribution in [0.4, 0.5) is 5.69 Å². The topological polar surface area (TPSA) is 97.5 Å². The minimum absolute atomic E-state index is 0.0566. The van der Waals surface area contributed by atoms with E-state index in [1.165, 1.54) is 5.56 Å². The number of aromatic nitrogens is 1. The number of nitrogen functional groups attached to an aromatic ring is 1. The maximum atomic E-state index is 12.6. The van der Waals surface area contributed by atoms with Crippen molar-refractivity contribution in [2.45, 2.75) is 38.8 Å². The number of fused-ring (bicyclic) bond motifs is 1. The van der Waals surface area contributed by atoms with E-state index in [0.29, 0.717) is 18.0 Å². The van der Waals surface area contributed by atoms with E-state index in [1.54, 1.807) is 11.3 Å². The number of nitrogens with one attached hydrogen (secondary N) is 1. The Kier molecular flexibility index (Phi) is 7.28. The first kappa shape index (κ1) is 24.7. The molecule has 0 fully saturated rings. The van der Waals surface area contributed by atoms with Crippen molar-refractivity contribution in [2.75, 3.05) is 32.1 Å².